The summed E-state index contributed by atoms with van der Waals surface area (Å²) in [4.78, 5) is 0. The van der Waals surface area contributed by atoms with Gasteiger partial charge in [-0.15, -0.1) is 0 Å². The maximum atomic E-state index is 12.3. The third-order valence-corrected chi connectivity index (χ3v) is 5.05. The number of nitrogens with two attached hydrogens (primary N) is 1. The highest BCUT2D eigenvalue weighted by molar-refractivity contribution is 7.90. The molecule has 5 nitrogen and oxygen atoms in total. The Kier molecular flexibility index (Phi) is 6.82. The Morgan fingerprint density at radius 2 is 1.94 bits per heavy atom. The fourth-order valence-electron chi connectivity index (χ4n) is 1.64. The molecule has 6 heteroatoms. The van der Waals surface area contributed by atoms with Gasteiger partial charge in [0, 0.05) is 13.1 Å². The molecule has 0 aliphatic heterocycles. The lowest BCUT2D eigenvalue weighted by molar-refractivity contribution is 0.265. The smallest absolute Gasteiger partial charge is 0.230 e. The number of nitrogens with zero attached hydrogens (tertiary/aromatic N) is 2. The van der Waals surface area contributed by atoms with Gasteiger partial charge in [-0.25, -0.2) is 12.7 Å². The monoisotopic (exact) mass is 275 g/mol. The number of hydrogen-bond acceptors (Lipinski definition) is 4. The lowest BCUT2D eigenvalue weighted by atomic mass is 9.94. The summed E-state index contributed by atoms with van der Waals surface area (Å²) in [7, 11) is -3.55. The number of nitriles is 1. The van der Waals surface area contributed by atoms with Crippen LogP contribution in [0.3, 0.4) is 0 Å². The topological polar surface area (TPSA) is 87.2 Å². The van der Waals surface area contributed by atoms with Gasteiger partial charge in [0.05, 0.1) is 6.07 Å². The number of rotatable bonds is 8. The highest BCUT2D eigenvalue weighted by Crippen LogP contribution is 2.20. The Labute approximate surface area is 111 Å². The summed E-state index contributed by atoms with van der Waals surface area (Å²) in [6, 6.07) is 1.87. The highest BCUT2D eigenvalue weighted by Gasteiger charge is 2.33. The van der Waals surface area contributed by atoms with Crippen LogP contribution < -0.4 is 5.73 Å². The van der Waals surface area contributed by atoms with Gasteiger partial charge in [0.1, 0.15) is 0 Å². The lowest BCUT2D eigenvalue weighted by Crippen LogP contribution is -2.45. The van der Waals surface area contributed by atoms with E-state index in [0.29, 0.717) is 26.1 Å². The van der Waals surface area contributed by atoms with Crippen LogP contribution in [0.5, 0.6) is 0 Å². The summed E-state index contributed by atoms with van der Waals surface area (Å²) in [6.45, 7) is 8.69. The molecule has 1 unspecified atom stereocenters. The minimum Gasteiger partial charge on any atom is -0.330 e. The Bertz CT molecular complexity index is 385. The predicted molar refractivity (Wildman–Crippen MR) is 73.3 cm³/mol. The van der Waals surface area contributed by atoms with Gasteiger partial charge in [-0.3, -0.25) is 0 Å². The van der Waals surface area contributed by atoms with E-state index in [4.69, 9.17) is 11.0 Å². The Balaban J connectivity index is 5.18. The van der Waals surface area contributed by atoms with Crippen molar-refractivity contribution in [1.29, 1.82) is 5.26 Å². The van der Waals surface area contributed by atoms with Gasteiger partial charge >= 0.3 is 0 Å². The molecule has 0 aliphatic rings. The van der Waals surface area contributed by atoms with Crippen LogP contribution in [0.4, 0.5) is 0 Å². The van der Waals surface area contributed by atoms with E-state index in [1.165, 1.54) is 4.31 Å². The summed E-state index contributed by atoms with van der Waals surface area (Å²) in [6.07, 6.45) is 1.03. The molecular formula is C12H25N3O2S. The van der Waals surface area contributed by atoms with Crippen LogP contribution in [-0.2, 0) is 10.0 Å². The summed E-state index contributed by atoms with van der Waals surface area (Å²) in [5.74, 6) is 0. The van der Waals surface area contributed by atoms with Crippen LogP contribution in [0, 0.1) is 16.7 Å². The zero-order chi connectivity index (χ0) is 14.4. The third kappa shape index (κ3) is 4.56. The highest BCUT2D eigenvalue weighted by atomic mass is 32.2. The predicted octanol–water partition coefficient (Wildman–Crippen LogP) is 1.32. The molecule has 0 aromatic carbocycles. The van der Waals surface area contributed by atoms with Crippen molar-refractivity contribution < 1.29 is 8.42 Å². The molecule has 0 aromatic rings. The molecule has 0 bridgehead atoms. The molecule has 0 heterocycles. The van der Waals surface area contributed by atoms with Gasteiger partial charge in [0.25, 0.3) is 0 Å². The first kappa shape index (κ1) is 17.4. The van der Waals surface area contributed by atoms with Gasteiger partial charge in [0.15, 0.2) is 5.25 Å². The van der Waals surface area contributed by atoms with E-state index >= 15 is 0 Å². The molecular weight excluding hydrogens is 250 g/mol. The molecule has 18 heavy (non-hydrogen) atoms. The zero-order valence-corrected chi connectivity index (χ0v) is 12.6. The van der Waals surface area contributed by atoms with Crippen molar-refractivity contribution in [2.24, 2.45) is 11.1 Å². The van der Waals surface area contributed by atoms with Crippen LogP contribution in [-0.4, -0.2) is 37.6 Å². The van der Waals surface area contributed by atoms with E-state index in [2.05, 4.69) is 0 Å². The second kappa shape index (κ2) is 7.07. The van der Waals surface area contributed by atoms with Crippen LogP contribution in [0.15, 0.2) is 0 Å². The van der Waals surface area contributed by atoms with Crippen molar-refractivity contribution in [3.05, 3.63) is 0 Å². The van der Waals surface area contributed by atoms with E-state index in [9.17, 15) is 8.42 Å². The van der Waals surface area contributed by atoms with Crippen LogP contribution in [0.1, 0.15) is 40.5 Å². The molecule has 0 amide bonds. The molecule has 0 saturated heterocycles. The molecule has 0 aliphatic carbocycles. The quantitative estimate of drug-likeness (QED) is 0.723. The average Bonchev–Trinajstić information content (AvgIpc) is 2.29. The first-order valence-corrected chi connectivity index (χ1v) is 7.84. The zero-order valence-electron chi connectivity index (χ0n) is 11.8. The molecule has 2 N–H and O–H groups in total. The number of hydrogen-bond donors (Lipinski definition) is 1. The molecule has 0 aromatic heterocycles. The minimum absolute atomic E-state index is 0.282. The molecule has 0 spiro atoms. The van der Waals surface area contributed by atoms with E-state index in [-0.39, 0.29) is 5.41 Å². The van der Waals surface area contributed by atoms with Gasteiger partial charge in [-0.2, -0.15) is 5.26 Å². The Morgan fingerprint density at radius 1 is 1.39 bits per heavy atom. The number of sulfonamides is 1. The normalized spacial score (nSPS) is 14.5. The van der Waals surface area contributed by atoms with Crippen molar-refractivity contribution in [3.63, 3.8) is 0 Å². The third-order valence-electron chi connectivity index (χ3n) is 2.86. The standard InChI is InChI=1S/C12H25N3O2S/c1-5-7-15(10-12(3,4)9-14)18(16,17)11(6-2)8-13/h11H,5-7,9-10,14H2,1-4H3. The second-order valence-corrected chi connectivity index (χ2v) is 7.39. The summed E-state index contributed by atoms with van der Waals surface area (Å²) < 4.78 is 26.1. The van der Waals surface area contributed by atoms with Crippen molar-refractivity contribution in [1.82, 2.24) is 4.31 Å². The molecule has 0 rings (SSSR count). The largest absolute Gasteiger partial charge is 0.330 e. The van der Waals surface area contributed by atoms with E-state index in [0.717, 1.165) is 6.42 Å². The summed E-state index contributed by atoms with van der Waals surface area (Å²) >= 11 is 0. The van der Waals surface area contributed by atoms with E-state index in [1.54, 1.807) is 6.92 Å². The fraction of sp³-hybridized carbons (Fsp3) is 0.917. The van der Waals surface area contributed by atoms with Crippen molar-refractivity contribution >= 4 is 10.0 Å². The molecule has 106 valence electrons. The molecule has 1 atom stereocenters. The molecule has 0 fully saturated rings. The van der Waals surface area contributed by atoms with Gasteiger partial charge in [-0.05, 0) is 24.8 Å². The van der Waals surface area contributed by atoms with E-state index in [1.807, 2.05) is 26.8 Å². The Hall–Kier alpha value is -0.640. The maximum absolute atomic E-state index is 12.3. The van der Waals surface area contributed by atoms with Crippen molar-refractivity contribution in [2.45, 2.75) is 45.8 Å². The fourth-order valence-corrected chi connectivity index (χ4v) is 3.52. The molecule has 0 saturated carbocycles. The molecule has 0 radical (unpaired) electrons. The second-order valence-electron chi connectivity index (χ2n) is 5.27. The summed E-state index contributed by atoms with van der Waals surface area (Å²) in [5.41, 5.74) is 5.37. The van der Waals surface area contributed by atoms with Crippen LogP contribution in [0.25, 0.3) is 0 Å². The first-order chi connectivity index (χ1) is 8.25. The SMILES string of the molecule is CCCN(CC(C)(C)CN)S(=O)(=O)C(C#N)CC. The van der Waals surface area contributed by atoms with E-state index < -0.39 is 15.3 Å². The van der Waals surface area contributed by atoms with Crippen molar-refractivity contribution in [3.8, 4) is 6.07 Å². The van der Waals surface area contributed by atoms with Crippen LogP contribution in [0.2, 0.25) is 0 Å². The first-order valence-electron chi connectivity index (χ1n) is 6.33. The summed E-state index contributed by atoms with van der Waals surface area (Å²) in [5, 5.41) is 7.99. The minimum atomic E-state index is -3.55. The maximum Gasteiger partial charge on any atom is 0.230 e. The van der Waals surface area contributed by atoms with Gasteiger partial charge < -0.3 is 5.73 Å². The Morgan fingerprint density at radius 3 is 2.28 bits per heavy atom. The van der Waals surface area contributed by atoms with Gasteiger partial charge in [0.2, 0.25) is 10.0 Å². The average molecular weight is 275 g/mol. The van der Waals surface area contributed by atoms with Crippen LogP contribution >= 0.6 is 0 Å². The van der Waals surface area contributed by atoms with Crippen molar-refractivity contribution in [2.75, 3.05) is 19.6 Å². The van der Waals surface area contributed by atoms with Gasteiger partial charge in [-0.1, -0.05) is 27.7 Å². The lowest BCUT2D eigenvalue weighted by Gasteiger charge is -2.32.